The molecule has 1 aromatic rings. The molecule has 0 unspecified atom stereocenters. The van der Waals surface area contributed by atoms with Crippen LogP contribution in [0.3, 0.4) is 0 Å². The summed E-state index contributed by atoms with van der Waals surface area (Å²) in [5.41, 5.74) is 0.304. The molecule has 158 valence electrons. The van der Waals surface area contributed by atoms with Crippen molar-refractivity contribution in [2.75, 3.05) is 19.9 Å². The molecule has 8 nitrogen and oxygen atoms in total. The molecular weight excluding hydrogens is 374 g/mol. The van der Waals surface area contributed by atoms with Crippen LogP contribution in [-0.4, -0.2) is 41.7 Å². The van der Waals surface area contributed by atoms with E-state index in [0.29, 0.717) is 23.0 Å². The highest BCUT2D eigenvalue weighted by atomic mass is 16.7. The second-order valence-electron chi connectivity index (χ2n) is 8.49. The molecule has 1 N–H and O–H groups in total. The first-order valence-electron chi connectivity index (χ1n) is 10.7. The summed E-state index contributed by atoms with van der Waals surface area (Å²) < 4.78 is 10.8. The van der Waals surface area contributed by atoms with Crippen LogP contribution in [0.4, 0.5) is 5.69 Å². The van der Waals surface area contributed by atoms with Crippen LogP contribution in [0, 0.1) is 16.0 Å². The van der Waals surface area contributed by atoms with E-state index in [-0.39, 0.29) is 24.4 Å². The van der Waals surface area contributed by atoms with Crippen molar-refractivity contribution in [2.45, 2.75) is 64.0 Å². The van der Waals surface area contributed by atoms with Gasteiger partial charge in [0.2, 0.25) is 12.7 Å². The maximum Gasteiger partial charge on any atom is 0.278 e. The molecule has 3 aliphatic rings. The first-order chi connectivity index (χ1) is 14.0. The number of benzene rings is 1. The van der Waals surface area contributed by atoms with Gasteiger partial charge in [-0.3, -0.25) is 19.8 Å². The lowest BCUT2D eigenvalue weighted by atomic mass is 9.92. The highest BCUT2D eigenvalue weighted by molar-refractivity contribution is 5.85. The van der Waals surface area contributed by atoms with Gasteiger partial charge in [0.1, 0.15) is 6.04 Å². The van der Waals surface area contributed by atoms with E-state index in [2.05, 4.69) is 17.1 Å². The normalized spacial score (nSPS) is 21.7. The monoisotopic (exact) mass is 403 g/mol. The molecule has 0 spiro atoms. The van der Waals surface area contributed by atoms with Crippen molar-refractivity contribution in [3.63, 3.8) is 0 Å². The Kier molecular flexibility index (Phi) is 5.89. The Morgan fingerprint density at radius 1 is 1.14 bits per heavy atom. The number of nitro benzene ring substituents is 1. The summed E-state index contributed by atoms with van der Waals surface area (Å²) in [6.45, 7) is 3.73. The van der Waals surface area contributed by atoms with Gasteiger partial charge in [0.05, 0.1) is 16.6 Å². The lowest BCUT2D eigenvalue weighted by molar-refractivity contribution is -0.386. The van der Waals surface area contributed by atoms with Crippen LogP contribution in [0.5, 0.6) is 11.5 Å². The first kappa shape index (κ1) is 19.9. The number of nitro groups is 1. The molecule has 2 aliphatic heterocycles. The van der Waals surface area contributed by atoms with Crippen LogP contribution in [0.1, 0.15) is 63.5 Å². The summed E-state index contributed by atoms with van der Waals surface area (Å²) in [5, 5.41) is 15.0. The Hall–Kier alpha value is -2.35. The third kappa shape index (κ3) is 4.32. The lowest BCUT2D eigenvalue weighted by Crippen LogP contribution is -2.47. The van der Waals surface area contributed by atoms with Crippen molar-refractivity contribution in [2.24, 2.45) is 5.92 Å². The van der Waals surface area contributed by atoms with Crippen LogP contribution in [0.25, 0.3) is 0 Å². The van der Waals surface area contributed by atoms with E-state index in [4.69, 9.17) is 9.47 Å². The number of ether oxygens (including phenoxy) is 2. The molecule has 0 aromatic heterocycles. The molecule has 1 saturated carbocycles. The molecule has 1 atom stereocenters. The summed E-state index contributed by atoms with van der Waals surface area (Å²) in [7, 11) is 0. The predicted octanol–water partition coefficient (Wildman–Crippen LogP) is 3.55. The molecule has 1 saturated heterocycles. The Morgan fingerprint density at radius 3 is 2.45 bits per heavy atom. The fraction of sp³-hybridized carbons (Fsp3) is 0.667. The van der Waals surface area contributed by atoms with Gasteiger partial charge in [-0.15, -0.1) is 0 Å². The lowest BCUT2D eigenvalue weighted by Gasteiger charge is -2.37. The number of amides is 1. The minimum atomic E-state index is -0.695. The second-order valence-corrected chi connectivity index (χ2v) is 8.49. The second kappa shape index (κ2) is 8.57. The third-order valence-electron chi connectivity index (χ3n) is 6.40. The highest BCUT2D eigenvalue weighted by Gasteiger charge is 2.37. The van der Waals surface area contributed by atoms with Crippen LogP contribution in [0.2, 0.25) is 0 Å². The Morgan fingerprint density at radius 2 is 1.79 bits per heavy atom. The molecule has 2 fully saturated rings. The SMILES string of the molecule is CC1CCN([C@H](C(=O)NC2CCCCC2)c2cc3c(cc2[N+](=O)[O-])OCO3)CC1. The predicted molar refractivity (Wildman–Crippen MR) is 107 cm³/mol. The largest absolute Gasteiger partial charge is 0.454 e. The number of nitrogens with one attached hydrogen (secondary N) is 1. The average molecular weight is 403 g/mol. The molecule has 2 heterocycles. The summed E-state index contributed by atoms with van der Waals surface area (Å²) in [4.78, 5) is 26.9. The van der Waals surface area contributed by atoms with E-state index >= 15 is 0 Å². The zero-order valence-corrected chi connectivity index (χ0v) is 16.9. The molecular formula is C21H29N3O5. The van der Waals surface area contributed by atoms with Crippen molar-refractivity contribution in [1.29, 1.82) is 0 Å². The van der Waals surface area contributed by atoms with Gasteiger partial charge < -0.3 is 14.8 Å². The van der Waals surface area contributed by atoms with Crippen LogP contribution >= 0.6 is 0 Å². The fourth-order valence-electron chi connectivity index (χ4n) is 4.64. The van der Waals surface area contributed by atoms with Crippen LogP contribution in [0.15, 0.2) is 12.1 Å². The van der Waals surface area contributed by atoms with E-state index in [1.54, 1.807) is 6.07 Å². The standard InChI is InChI=1S/C21H29N3O5/c1-14-7-9-23(10-8-14)20(21(25)22-15-5-3-2-4-6-15)16-11-18-19(29-13-28-18)12-17(16)24(26)27/h11-12,14-15,20H,2-10,13H2,1H3,(H,22,25)/t20-/m0/s1. The maximum absolute atomic E-state index is 13.4. The Labute approximate surface area is 170 Å². The van der Waals surface area contributed by atoms with Gasteiger partial charge in [-0.05, 0) is 50.8 Å². The van der Waals surface area contributed by atoms with E-state index in [9.17, 15) is 14.9 Å². The molecule has 1 aromatic carbocycles. The van der Waals surface area contributed by atoms with Gasteiger partial charge >= 0.3 is 0 Å². The number of hydrogen-bond acceptors (Lipinski definition) is 6. The number of nitrogens with zero attached hydrogens (tertiary/aromatic N) is 2. The molecule has 1 aliphatic carbocycles. The van der Waals surface area contributed by atoms with E-state index < -0.39 is 11.0 Å². The number of rotatable bonds is 5. The summed E-state index contributed by atoms with van der Waals surface area (Å²) in [6.07, 6.45) is 7.32. The minimum Gasteiger partial charge on any atom is -0.454 e. The molecule has 8 heteroatoms. The van der Waals surface area contributed by atoms with Gasteiger partial charge in [-0.1, -0.05) is 26.2 Å². The number of carbonyl (C=O) groups excluding carboxylic acids is 1. The molecule has 0 bridgehead atoms. The van der Waals surface area contributed by atoms with Gasteiger partial charge in [-0.2, -0.15) is 0 Å². The quantitative estimate of drug-likeness (QED) is 0.597. The third-order valence-corrected chi connectivity index (χ3v) is 6.40. The summed E-state index contributed by atoms with van der Waals surface area (Å²) in [5.74, 6) is 1.28. The van der Waals surface area contributed by atoms with Gasteiger partial charge in [0, 0.05) is 6.04 Å². The molecule has 1 amide bonds. The number of fused-ring (bicyclic) bond motifs is 1. The van der Waals surface area contributed by atoms with Gasteiger partial charge in [0.15, 0.2) is 11.5 Å². The number of carbonyl (C=O) groups is 1. The number of hydrogen-bond donors (Lipinski definition) is 1. The number of likely N-dealkylation sites (tertiary alicyclic amines) is 1. The Bertz CT molecular complexity index is 770. The van der Waals surface area contributed by atoms with E-state index in [1.165, 1.54) is 12.5 Å². The molecule has 0 radical (unpaired) electrons. The van der Waals surface area contributed by atoms with Crippen molar-refractivity contribution < 1.29 is 19.2 Å². The average Bonchev–Trinajstić information content (AvgIpc) is 3.17. The summed E-state index contributed by atoms with van der Waals surface area (Å²) in [6, 6.07) is 2.48. The van der Waals surface area contributed by atoms with Crippen molar-refractivity contribution in [3.05, 3.63) is 27.8 Å². The fourth-order valence-corrected chi connectivity index (χ4v) is 4.64. The van der Waals surface area contributed by atoms with E-state index in [0.717, 1.165) is 51.6 Å². The maximum atomic E-state index is 13.4. The van der Waals surface area contributed by atoms with Gasteiger partial charge in [0.25, 0.3) is 5.69 Å². The Balaban J connectivity index is 1.68. The number of piperidine rings is 1. The zero-order valence-electron chi connectivity index (χ0n) is 16.9. The molecule has 29 heavy (non-hydrogen) atoms. The summed E-state index contributed by atoms with van der Waals surface area (Å²) >= 11 is 0. The van der Waals surface area contributed by atoms with Crippen molar-refractivity contribution in [3.8, 4) is 11.5 Å². The van der Waals surface area contributed by atoms with Crippen molar-refractivity contribution in [1.82, 2.24) is 10.2 Å². The van der Waals surface area contributed by atoms with Crippen molar-refractivity contribution >= 4 is 11.6 Å². The first-order valence-corrected chi connectivity index (χ1v) is 10.7. The smallest absolute Gasteiger partial charge is 0.278 e. The van der Waals surface area contributed by atoms with E-state index in [1.807, 2.05) is 0 Å². The molecule has 4 rings (SSSR count). The van der Waals surface area contributed by atoms with Gasteiger partial charge in [-0.25, -0.2) is 0 Å². The highest BCUT2D eigenvalue weighted by Crippen LogP contribution is 2.42. The van der Waals surface area contributed by atoms with Crippen LogP contribution < -0.4 is 14.8 Å². The topological polar surface area (TPSA) is 93.9 Å². The minimum absolute atomic E-state index is 0.0378. The zero-order chi connectivity index (χ0) is 20.4. The van der Waals surface area contributed by atoms with Crippen LogP contribution in [-0.2, 0) is 4.79 Å².